The number of nitrogens with one attached hydrogen (secondary N) is 1. The van der Waals surface area contributed by atoms with Gasteiger partial charge in [-0.1, -0.05) is 13.8 Å². The van der Waals surface area contributed by atoms with Crippen LogP contribution in [0.5, 0.6) is 0 Å². The molecule has 98 valence electrons. The van der Waals surface area contributed by atoms with Crippen molar-refractivity contribution in [1.82, 2.24) is 10.2 Å². The maximum atomic E-state index is 3.58. The highest BCUT2D eigenvalue weighted by molar-refractivity contribution is 4.95. The van der Waals surface area contributed by atoms with Gasteiger partial charge in [-0.15, -0.1) is 0 Å². The summed E-state index contributed by atoms with van der Waals surface area (Å²) in [7, 11) is 0. The minimum Gasteiger partial charge on any atom is -0.316 e. The highest BCUT2D eigenvalue weighted by Gasteiger charge is 2.41. The molecule has 3 unspecified atom stereocenters. The first-order valence-corrected chi connectivity index (χ1v) is 7.60. The molecule has 3 atom stereocenters. The molecule has 2 heterocycles. The maximum absolute atomic E-state index is 3.58. The third-order valence-electron chi connectivity index (χ3n) is 5.54. The van der Waals surface area contributed by atoms with Crippen LogP contribution in [-0.2, 0) is 0 Å². The molecular weight excluding hydrogens is 208 g/mol. The summed E-state index contributed by atoms with van der Waals surface area (Å²) in [5.74, 6) is 1.93. The predicted molar refractivity (Wildman–Crippen MR) is 72.1 cm³/mol. The SMILES string of the molecule is CC(C)(CN1CC2CCC1C2)C1CCCNC1. The molecule has 0 aromatic heterocycles. The zero-order valence-electron chi connectivity index (χ0n) is 11.5. The average Bonchev–Trinajstić information content (AvgIpc) is 2.91. The van der Waals surface area contributed by atoms with E-state index in [1.807, 2.05) is 0 Å². The number of fused-ring (bicyclic) bond motifs is 2. The summed E-state index contributed by atoms with van der Waals surface area (Å²) >= 11 is 0. The molecule has 2 saturated heterocycles. The molecule has 3 rings (SSSR count). The molecule has 2 aliphatic heterocycles. The monoisotopic (exact) mass is 236 g/mol. The molecule has 2 heteroatoms. The molecule has 0 radical (unpaired) electrons. The van der Waals surface area contributed by atoms with Crippen molar-refractivity contribution in [2.24, 2.45) is 17.3 Å². The van der Waals surface area contributed by atoms with Gasteiger partial charge >= 0.3 is 0 Å². The Kier molecular flexibility index (Phi) is 3.20. The number of piperidine rings is 2. The molecule has 1 N–H and O–H groups in total. The van der Waals surface area contributed by atoms with E-state index in [0.717, 1.165) is 17.9 Å². The minimum atomic E-state index is 0.498. The first kappa shape index (κ1) is 12.0. The van der Waals surface area contributed by atoms with E-state index in [0.29, 0.717) is 5.41 Å². The second-order valence-electron chi connectivity index (χ2n) is 7.29. The van der Waals surface area contributed by atoms with Crippen molar-refractivity contribution in [2.75, 3.05) is 26.2 Å². The summed E-state index contributed by atoms with van der Waals surface area (Å²) in [6.45, 7) is 10.2. The number of nitrogens with zero attached hydrogens (tertiary/aromatic N) is 1. The Balaban J connectivity index is 1.59. The van der Waals surface area contributed by atoms with Gasteiger partial charge in [-0.05, 0) is 62.4 Å². The highest BCUT2D eigenvalue weighted by atomic mass is 15.2. The average molecular weight is 236 g/mol. The van der Waals surface area contributed by atoms with Gasteiger partial charge in [-0.25, -0.2) is 0 Å². The zero-order chi connectivity index (χ0) is 11.9. The molecule has 17 heavy (non-hydrogen) atoms. The Bertz CT molecular complexity index is 268. The van der Waals surface area contributed by atoms with Crippen molar-refractivity contribution in [2.45, 2.75) is 52.0 Å². The van der Waals surface area contributed by atoms with E-state index < -0.39 is 0 Å². The van der Waals surface area contributed by atoms with E-state index >= 15 is 0 Å². The normalized spacial score (nSPS) is 38.8. The van der Waals surface area contributed by atoms with E-state index in [2.05, 4.69) is 24.1 Å². The molecule has 2 nitrogen and oxygen atoms in total. The highest BCUT2D eigenvalue weighted by Crippen LogP contribution is 2.41. The van der Waals surface area contributed by atoms with Crippen LogP contribution in [0.2, 0.25) is 0 Å². The third kappa shape index (κ3) is 2.39. The summed E-state index contributed by atoms with van der Waals surface area (Å²) in [6.07, 6.45) is 7.29. The van der Waals surface area contributed by atoms with Crippen molar-refractivity contribution >= 4 is 0 Å². The van der Waals surface area contributed by atoms with E-state index in [9.17, 15) is 0 Å². The lowest BCUT2D eigenvalue weighted by atomic mass is 9.74. The van der Waals surface area contributed by atoms with Gasteiger partial charge in [0, 0.05) is 19.1 Å². The van der Waals surface area contributed by atoms with Gasteiger partial charge in [0.05, 0.1) is 0 Å². The fraction of sp³-hybridized carbons (Fsp3) is 1.00. The van der Waals surface area contributed by atoms with E-state index in [4.69, 9.17) is 0 Å². The number of hydrogen-bond donors (Lipinski definition) is 1. The fourth-order valence-electron chi connectivity index (χ4n) is 4.39. The molecule has 3 aliphatic rings. The largest absolute Gasteiger partial charge is 0.316 e. The molecule has 2 bridgehead atoms. The topological polar surface area (TPSA) is 15.3 Å². The lowest BCUT2D eigenvalue weighted by Gasteiger charge is -2.42. The van der Waals surface area contributed by atoms with Gasteiger partial charge in [0.2, 0.25) is 0 Å². The van der Waals surface area contributed by atoms with E-state index in [-0.39, 0.29) is 0 Å². The molecule has 0 amide bonds. The van der Waals surface area contributed by atoms with Crippen LogP contribution in [0.1, 0.15) is 46.0 Å². The van der Waals surface area contributed by atoms with Gasteiger partial charge in [-0.3, -0.25) is 4.90 Å². The van der Waals surface area contributed by atoms with Crippen molar-refractivity contribution < 1.29 is 0 Å². The molecular formula is C15H28N2. The Morgan fingerprint density at radius 3 is 2.71 bits per heavy atom. The molecule has 0 aromatic carbocycles. The smallest absolute Gasteiger partial charge is 0.00988 e. The van der Waals surface area contributed by atoms with Gasteiger partial charge in [0.1, 0.15) is 0 Å². The third-order valence-corrected chi connectivity index (χ3v) is 5.54. The molecule has 0 aromatic rings. The Hall–Kier alpha value is -0.0800. The molecule has 1 aliphatic carbocycles. The van der Waals surface area contributed by atoms with Crippen LogP contribution in [0.3, 0.4) is 0 Å². The van der Waals surface area contributed by atoms with Crippen molar-refractivity contribution in [3.63, 3.8) is 0 Å². The van der Waals surface area contributed by atoms with Crippen molar-refractivity contribution in [3.8, 4) is 0 Å². The first-order chi connectivity index (χ1) is 8.15. The van der Waals surface area contributed by atoms with Crippen LogP contribution in [0.15, 0.2) is 0 Å². The van der Waals surface area contributed by atoms with E-state index in [1.165, 1.54) is 58.3 Å². The second kappa shape index (κ2) is 4.55. The standard InChI is InChI=1S/C15H28N2/c1-15(2,13-4-3-7-16-9-13)11-17-10-12-5-6-14(17)8-12/h12-14,16H,3-11H2,1-2H3. The van der Waals surface area contributed by atoms with Crippen LogP contribution >= 0.6 is 0 Å². The number of rotatable bonds is 3. The van der Waals surface area contributed by atoms with Gasteiger partial charge in [-0.2, -0.15) is 0 Å². The first-order valence-electron chi connectivity index (χ1n) is 7.60. The predicted octanol–water partition coefficient (Wildman–Crippen LogP) is 2.50. The lowest BCUT2D eigenvalue weighted by molar-refractivity contribution is 0.0819. The lowest BCUT2D eigenvalue weighted by Crippen LogP contribution is -2.46. The van der Waals surface area contributed by atoms with Crippen LogP contribution in [0, 0.1) is 17.3 Å². The Labute approximate surface area is 106 Å². The van der Waals surface area contributed by atoms with Crippen molar-refractivity contribution in [3.05, 3.63) is 0 Å². The zero-order valence-corrected chi connectivity index (χ0v) is 11.5. The van der Waals surface area contributed by atoms with Crippen LogP contribution in [-0.4, -0.2) is 37.1 Å². The van der Waals surface area contributed by atoms with Crippen LogP contribution in [0.4, 0.5) is 0 Å². The molecule has 0 spiro atoms. The maximum Gasteiger partial charge on any atom is 0.00988 e. The van der Waals surface area contributed by atoms with Gasteiger partial charge in [0.25, 0.3) is 0 Å². The summed E-state index contributed by atoms with van der Waals surface area (Å²) in [5, 5.41) is 3.58. The second-order valence-corrected chi connectivity index (χ2v) is 7.29. The molecule has 1 saturated carbocycles. The number of likely N-dealkylation sites (tertiary alicyclic amines) is 1. The quantitative estimate of drug-likeness (QED) is 0.810. The van der Waals surface area contributed by atoms with E-state index in [1.54, 1.807) is 0 Å². The summed E-state index contributed by atoms with van der Waals surface area (Å²) in [5.41, 5.74) is 0.498. The molecule has 3 fully saturated rings. The van der Waals surface area contributed by atoms with Gasteiger partial charge in [0.15, 0.2) is 0 Å². The Morgan fingerprint density at radius 2 is 2.12 bits per heavy atom. The summed E-state index contributed by atoms with van der Waals surface area (Å²) < 4.78 is 0. The Morgan fingerprint density at radius 1 is 1.24 bits per heavy atom. The number of hydrogen-bond acceptors (Lipinski definition) is 2. The van der Waals surface area contributed by atoms with Gasteiger partial charge < -0.3 is 5.32 Å². The van der Waals surface area contributed by atoms with Crippen molar-refractivity contribution in [1.29, 1.82) is 0 Å². The summed E-state index contributed by atoms with van der Waals surface area (Å²) in [4.78, 5) is 2.81. The van der Waals surface area contributed by atoms with Crippen LogP contribution in [0.25, 0.3) is 0 Å². The van der Waals surface area contributed by atoms with Crippen LogP contribution < -0.4 is 5.32 Å². The summed E-state index contributed by atoms with van der Waals surface area (Å²) in [6, 6.07) is 0.941. The fourth-order valence-corrected chi connectivity index (χ4v) is 4.39. The minimum absolute atomic E-state index is 0.498.